The number of ether oxygens (including phenoxy) is 2. The van der Waals surface area contributed by atoms with Crippen LogP contribution in [0, 0.1) is 0 Å². The van der Waals surface area contributed by atoms with Crippen LogP contribution in [0.1, 0.15) is 12.8 Å². The number of methoxy groups -OCH3 is 1. The van der Waals surface area contributed by atoms with Crippen LogP contribution in [0.15, 0.2) is 36.4 Å². The molecule has 3 rings (SSSR count). The van der Waals surface area contributed by atoms with Gasteiger partial charge in [0.25, 0.3) is 0 Å². The largest absolute Gasteiger partial charge is 0.496 e. The molecule has 24 heavy (non-hydrogen) atoms. The number of carbonyl (C=O) groups is 1. The van der Waals surface area contributed by atoms with Crippen molar-refractivity contribution in [1.29, 1.82) is 0 Å². The van der Waals surface area contributed by atoms with Gasteiger partial charge in [0.15, 0.2) is 5.82 Å². The fourth-order valence-electron chi connectivity index (χ4n) is 2.90. The van der Waals surface area contributed by atoms with E-state index in [2.05, 4.69) is 15.1 Å². The van der Waals surface area contributed by atoms with Crippen molar-refractivity contribution in [2.24, 2.45) is 5.73 Å². The van der Waals surface area contributed by atoms with Crippen LogP contribution in [-0.4, -0.2) is 42.6 Å². The number of nitrogens with two attached hydrogens (primary N) is 1. The van der Waals surface area contributed by atoms with Gasteiger partial charge in [-0.05, 0) is 37.1 Å². The van der Waals surface area contributed by atoms with E-state index in [1.54, 1.807) is 7.11 Å². The number of rotatable bonds is 4. The number of carbonyl (C=O) groups excluding carboxylic acids is 1. The number of hydrogen-bond donors (Lipinski definition) is 1. The lowest BCUT2D eigenvalue weighted by atomic mass is 10.1. The SMILES string of the molecule is COc1ccccc1-c1ccc(N2CCCC(OC(N)=O)C2)nn1. The van der Waals surface area contributed by atoms with Crippen molar-refractivity contribution in [3.8, 4) is 17.0 Å². The summed E-state index contributed by atoms with van der Waals surface area (Å²) >= 11 is 0. The first-order chi connectivity index (χ1) is 11.7. The molecule has 2 N–H and O–H groups in total. The Kier molecular flexibility index (Phi) is 4.79. The Balaban J connectivity index is 1.76. The van der Waals surface area contributed by atoms with Gasteiger partial charge in [0.05, 0.1) is 19.3 Å². The number of benzene rings is 1. The summed E-state index contributed by atoms with van der Waals surface area (Å²) < 4.78 is 10.5. The maximum Gasteiger partial charge on any atom is 0.404 e. The molecule has 1 aliphatic heterocycles. The molecule has 1 aromatic carbocycles. The Morgan fingerprint density at radius 3 is 2.79 bits per heavy atom. The Labute approximate surface area is 140 Å². The van der Waals surface area contributed by atoms with E-state index in [0.29, 0.717) is 6.54 Å². The Bertz CT molecular complexity index is 705. The van der Waals surface area contributed by atoms with Crippen molar-refractivity contribution in [1.82, 2.24) is 10.2 Å². The summed E-state index contributed by atoms with van der Waals surface area (Å²) in [7, 11) is 1.63. The molecule has 2 heterocycles. The molecule has 7 heteroatoms. The topological polar surface area (TPSA) is 90.6 Å². The molecule has 1 saturated heterocycles. The van der Waals surface area contributed by atoms with Crippen molar-refractivity contribution in [3.05, 3.63) is 36.4 Å². The van der Waals surface area contributed by atoms with Gasteiger partial charge in [-0.2, -0.15) is 0 Å². The first kappa shape index (κ1) is 16.0. The van der Waals surface area contributed by atoms with Crippen molar-refractivity contribution in [2.45, 2.75) is 18.9 Å². The van der Waals surface area contributed by atoms with Gasteiger partial charge in [0.2, 0.25) is 0 Å². The second-order valence-corrected chi connectivity index (χ2v) is 5.62. The van der Waals surface area contributed by atoms with E-state index in [9.17, 15) is 4.79 Å². The third-order valence-electron chi connectivity index (χ3n) is 4.02. The second kappa shape index (κ2) is 7.16. The molecule has 0 bridgehead atoms. The molecule has 1 unspecified atom stereocenters. The number of hydrogen-bond acceptors (Lipinski definition) is 6. The molecule has 1 fully saturated rings. The van der Waals surface area contributed by atoms with Crippen LogP contribution in [0.2, 0.25) is 0 Å². The highest BCUT2D eigenvalue weighted by atomic mass is 16.6. The molecule has 1 aliphatic rings. The third kappa shape index (κ3) is 3.56. The van der Waals surface area contributed by atoms with Crippen LogP contribution < -0.4 is 15.4 Å². The molecule has 1 atom stereocenters. The van der Waals surface area contributed by atoms with Crippen LogP contribution in [-0.2, 0) is 4.74 Å². The first-order valence-corrected chi connectivity index (χ1v) is 7.85. The van der Waals surface area contributed by atoms with E-state index in [1.165, 1.54) is 0 Å². The van der Waals surface area contributed by atoms with Crippen LogP contribution in [0.5, 0.6) is 5.75 Å². The van der Waals surface area contributed by atoms with E-state index >= 15 is 0 Å². The predicted molar refractivity (Wildman–Crippen MR) is 89.9 cm³/mol. The maximum atomic E-state index is 10.9. The number of nitrogens with zero attached hydrogens (tertiary/aromatic N) is 3. The normalized spacial score (nSPS) is 17.4. The average Bonchev–Trinajstić information content (AvgIpc) is 2.61. The highest BCUT2D eigenvalue weighted by Crippen LogP contribution is 2.28. The van der Waals surface area contributed by atoms with E-state index in [4.69, 9.17) is 15.2 Å². The number of amides is 1. The number of aromatic nitrogens is 2. The second-order valence-electron chi connectivity index (χ2n) is 5.62. The smallest absolute Gasteiger partial charge is 0.404 e. The lowest BCUT2D eigenvalue weighted by molar-refractivity contribution is 0.0964. The van der Waals surface area contributed by atoms with Crippen molar-refractivity contribution in [3.63, 3.8) is 0 Å². The van der Waals surface area contributed by atoms with Gasteiger partial charge in [-0.3, -0.25) is 0 Å². The molecule has 126 valence electrons. The van der Waals surface area contributed by atoms with Gasteiger partial charge >= 0.3 is 6.09 Å². The minimum Gasteiger partial charge on any atom is -0.496 e. The highest BCUT2D eigenvalue weighted by Gasteiger charge is 2.23. The van der Waals surface area contributed by atoms with Crippen LogP contribution >= 0.6 is 0 Å². The van der Waals surface area contributed by atoms with Crippen LogP contribution in [0.4, 0.5) is 10.6 Å². The molecular formula is C17H20N4O3. The summed E-state index contributed by atoms with van der Waals surface area (Å²) in [5.74, 6) is 1.51. The fourth-order valence-corrected chi connectivity index (χ4v) is 2.90. The Morgan fingerprint density at radius 2 is 2.08 bits per heavy atom. The zero-order valence-electron chi connectivity index (χ0n) is 13.5. The molecule has 1 aromatic heterocycles. The Hall–Kier alpha value is -2.83. The van der Waals surface area contributed by atoms with Crippen molar-refractivity contribution < 1.29 is 14.3 Å². The first-order valence-electron chi connectivity index (χ1n) is 7.85. The lowest BCUT2D eigenvalue weighted by Crippen LogP contribution is -2.41. The third-order valence-corrected chi connectivity index (χ3v) is 4.02. The minimum atomic E-state index is -0.737. The van der Waals surface area contributed by atoms with Crippen LogP contribution in [0.3, 0.4) is 0 Å². The van der Waals surface area contributed by atoms with Crippen molar-refractivity contribution >= 4 is 11.9 Å². The van der Waals surface area contributed by atoms with Gasteiger partial charge < -0.3 is 20.1 Å². The Morgan fingerprint density at radius 1 is 1.25 bits per heavy atom. The summed E-state index contributed by atoms with van der Waals surface area (Å²) in [5, 5.41) is 8.63. The summed E-state index contributed by atoms with van der Waals surface area (Å²) in [4.78, 5) is 13.0. The summed E-state index contributed by atoms with van der Waals surface area (Å²) in [5.41, 5.74) is 6.74. The van der Waals surface area contributed by atoms with Crippen LogP contribution in [0.25, 0.3) is 11.3 Å². The van der Waals surface area contributed by atoms with Gasteiger partial charge in [-0.25, -0.2) is 4.79 Å². The quantitative estimate of drug-likeness (QED) is 0.925. The number of para-hydroxylation sites is 1. The molecule has 1 amide bonds. The molecule has 0 aliphatic carbocycles. The minimum absolute atomic E-state index is 0.202. The van der Waals surface area contributed by atoms with Gasteiger partial charge in [0, 0.05) is 12.1 Å². The van der Waals surface area contributed by atoms with Gasteiger partial charge in [-0.15, -0.1) is 10.2 Å². The maximum absolute atomic E-state index is 10.9. The standard InChI is InChI=1S/C17H20N4O3/c1-23-15-7-3-2-6-13(15)14-8-9-16(20-19-14)21-10-4-5-12(11-21)24-17(18)22/h2-3,6-9,12H,4-5,10-11H2,1H3,(H2,18,22). The van der Waals surface area contributed by atoms with Gasteiger partial charge in [-0.1, -0.05) is 12.1 Å². The zero-order valence-corrected chi connectivity index (χ0v) is 13.5. The summed E-state index contributed by atoms with van der Waals surface area (Å²) in [6.07, 6.45) is 0.784. The van der Waals surface area contributed by atoms with E-state index in [1.807, 2.05) is 36.4 Å². The molecule has 7 nitrogen and oxygen atoms in total. The summed E-state index contributed by atoms with van der Waals surface area (Å²) in [6, 6.07) is 11.5. The van der Waals surface area contributed by atoms with Crippen molar-refractivity contribution in [2.75, 3.05) is 25.1 Å². The number of primary amides is 1. The van der Waals surface area contributed by atoms with E-state index in [-0.39, 0.29) is 6.10 Å². The van der Waals surface area contributed by atoms with E-state index in [0.717, 1.165) is 42.2 Å². The molecule has 2 aromatic rings. The molecular weight excluding hydrogens is 308 g/mol. The molecule has 0 spiro atoms. The number of anilines is 1. The molecule has 0 radical (unpaired) electrons. The monoisotopic (exact) mass is 328 g/mol. The average molecular weight is 328 g/mol. The fraction of sp³-hybridized carbons (Fsp3) is 0.353. The highest BCUT2D eigenvalue weighted by molar-refractivity contribution is 5.67. The van der Waals surface area contributed by atoms with Gasteiger partial charge in [0.1, 0.15) is 11.9 Å². The number of piperidine rings is 1. The lowest BCUT2D eigenvalue weighted by Gasteiger charge is -2.32. The zero-order chi connectivity index (χ0) is 16.9. The molecule has 0 saturated carbocycles. The van der Waals surface area contributed by atoms with E-state index < -0.39 is 6.09 Å². The predicted octanol–water partition coefficient (Wildman–Crippen LogP) is 2.22. The summed E-state index contributed by atoms with van der Waals surface area (Å²) in [6.45, 7) is 1.42.